The van der Waals surface area contributed by atoms with Gasteiger partial charge < -0.3 is 14.8 Å². The van der Waals surface area contributed by atoms with Crippen molar-refractivity contribution in [2.45, 2.75) is 45.8 Å². The highest BCUT2D eigenvalue weighted by molar-refractivity contribution is 9.10. The molecule has 0 saturated carbocycles. The molecule has 0 saturated heterocycles. The van der Waals surface area contributed by atoms with Crippen LogP contribution in [0.2, 0.25) is 0 Å². The Kier molecular flexibility index (Phi) is 7.98. The molecule has 2 rings (SSSR count). The lowest BCUT2D eigenvalue weighted by Gasteiger charge is -2.15. The van der Waals surface area contributed by atoms with Crippen molar-refractivity contribution in [2.75, 3.05) is 6.54 Å². The molecule has 140 valence electrons. The van der Waals surface area contributed by atoms with Gasteiger partial charge in [0.15, 0.2) is 6.10 Å². The number of hydrogen-bond acceptors (Lipinski definition) is 3. The van der Waals surface area contributed by atoms with E-state index in [9.17, 15) is 4.79 Å². The number of halogens is 1. The summed E-state index contributed by atoms with van der Waals surface area (Å²) in [6.07, 6.45) is 1.44. The highest BCUT2D eigenvalue weighted by atomic mass is 79.9. The van der Waals surface area contributed by atoms with Gasteiger partial charge in [-0.15, -0.1) is 0 Å². The Hall–Kier alpha value is -2.01. The first-order valence-corrected chi connectivity index (χ1v) is 9.69. The molecule has 0 aliphatic carbocycles. The summed E-state index contributed by atoms with van der Waals surface area (Å²) in [6.45, 7) is 6.40. The van der Waals surface area contributed by atoms with Crippen LogP contribution in [0.4, 0.5) is 0 Å². The van der Waals surface area contributed by atoms with Gasteiger partial charge >= 0.3 is 0 Å². The Morgan fingerprint density at radius 2 is 1.54 bits per heavy atom. The Morgan fingerprint density at radius 1 is 0.962 bits per heavy atom. The summed E-state index contributed by atoms with van der Waals surface area (Å²) in [5.74, 6) is 1.46. The van der Waals surface area contributed by atoms with E-state index in [1.54, 1.807) is 6.92 Å². The molecule has 1 N–H and O–H groups in total. The normalized spacial score (nSPS) is 11.9. The molecule has 0 aromatic heterocycles. The number of ether oxygens (including phenoxy) is 2. The zero-order chi connectivity index (χ0) is 18.9. The van der Waals surface area contributed by atoms with Gasteiger partial charge in [-0.25, -0.2) is 0 Å². The van der Waals surface area contributed by atoms with E-state index in [0.29, 0.717) is 12.3 Å². The van der Waals surface area contributed by atoms with Gasteiger partial charge in [0, 0.05) is 11.0 Å². The Balaban J connectivity index is 1.68. The van der Waals surface area contributed by atoms with E-state index in [1.165, 1.54) is 5.56 Å². The predicted molar refractivity (Wildman–Crippen MR) is 108 cm³/mol. The standard InChI is InChI=1S/C21H26BrNO3/c1-15(2)25-19-10-6-17(7-11-19)5-4-14-23-21(24)16(3)26-20-12-8-18(22)9-13-20/h6-13,15-16H,4-5,14H2,1-3H3,(H,23,24). The second kappa shape index (κ2) is 10.2. The number of hydrogen-bond donors (Lipinski definition) is 1. The minimum atomic E-state index is -0.524. The predicted octanol–water partition coefficient (Wildman–Crippen LogP) is 4.75. The molecule has 1 unspecified atom stereocenters. The van der Waals surface area contributed by atoms with E-state index in [1.807, 2.05) is 50.2 Å². The van der Waals surface area contributed by atoms with Gasteiger partial charge in [0.1, 0.15) is 11.5 Å². The minimum absolute atomic E-state index is 0.103. The first-order chi connectivity index (χ1) is 12.4. The van der Waals surface area contributed by atoms with Crippen LogP contribution in [0.3, 0.4) is 0 Å². The van der Waals surface area contributed by atoms with Gasteiger partial charge in [0.2, 0.25) is 0 Å². The average Bonchev–Trinajstić information content (AvgIpc) is 2.61. The van der Waals surface area contributed by atoms with Crippen molar-refractivity contribution in [2.24, 2.45) is 0 Å². The van der Waals surface area contributed by atoms with Crippen LogP contribution in [0, 0.1) is 0 Å². The second-order valence-electron chi connectivity index (χ2n) is 6.42. The summed E-state index contributed by atoms with van der Waals surface area (Å²) >= 11 is 3.37. The molecule has 1 amide bonds. The van der Waals surface area contributed by atoms with E-state index >= 15 is 0 Å². The molecule has 0 spiro atoms. The van der Waals surface area contributed by atoms with Gasteiger partial charge in [-0.2, -0.15) is 0 Å². The van der Waals surface area contributed by atoms with E-state index in [2.05, 4.69) is 33.4 Å². The smallest absolute Gasteiger partial charge is 0.260 e. The van der Waals surface area contributed by atoms with Crippen molar-refractivity contribution in [3.63, 3.8) is 0 Å². The first kappa shape index (κ1) is 20.3. The van der Waals surface area contributed by atoms with Gasteiger partial charge in [-0.1, -0.05) is 28.1 Å². The lowest BCUT2D eigenvalue weighted by molar-refractivity contribution is -0.127. The van der Waals surface area contributed by atoms with Crippen LogP contribution < -0.4 is 14.8 Å². The molecular weight excluding hydrogens is 394 g/mol. The topological polar surface area (TPSA) is 47.6 Å². The summed E-state index contributed by atoms with van der Waals surface area (Å²) in [6, 6.07) is 15.6. The van der Waals surface area contributed by atoms with Crippen LogP contribution in [-0.4, -0.2) is 24.7 Å². The third kappa shape index (κ3) is 7.08. The van der Waals surface area contributed by atoms with E-state index in [4.69, 9.17) is 9.47 Å². The zero-order valence-electron chi connectivity index (χ0n) is 15.5. The van der Waals surface area contributed by atoms with Crippen molar-refractivity contribution in [1.82, 2.24) is 5.32 Å². The monoisotopic (exact) mass is 419 g/mol. The highest BCUT2D eigenvalue weighted by Crippen LogP contribution is 2.17. The van der Waals surface area contributed by atoms with E-state index < -0.39 is 6.10 Å². The highest BCUT2D eigenvalue weighted by Gasteiger charge is 2.13. The largest absolute Gasteiger partial charge is 0.491 e. The van der Waals surface area contributed by atoms with Crippen molar-refractivity contribution >= 4 is 21.8 Å². The molecule has 1 atom stereocenters. The molecule has 2 aromatic carbocycles. The summed E-state index contributed by atoms with van der Waals surface area (Å²) in [5, 5.41) is 2.92. The SMILES string of the molecule is CC(C)Oc1ccc(CCCNC(=O)C(C)Oc2ccc(Br)cc2)cc1. The molecule has 0 fully saturated rings. The van der Waals surface area contributed by atoms with Crippen LogP contribution >= 0.6 is 15.9 Å². The molecule has 0 radical (unpaired) electrons. The van der Waals surface area contributed by atoms with E-state index in [0.717, 1.165) is 23.1 Å². The maximum atomic E-state index is 12.1. The third-order valence-corrected chi connectivity index (χ3v) is 4.26. The summed E-state index contributed by atoms with van der Waals surface area (Å²) in [7, 11) is 0. The van der Waals surface area contributed by atoms with Gasteiger partial charge in [0.25, 0.3) is 5.91 Å². The van der Waals surface area contributed by atoms with Crippen LogP contribution in [0.5, 0.6) is 11.5 Å². The van der Waals surface area contributed by atoms with Crippen molar-refractivity contribution in [3.8, 4) is 11.5 Å². The lowest BCUT2D eigenvalue weighted by atomic mass is 10.1. The summed E-state index contributed by atoms with van der Waals surface area (Å²) in [4.78, 5) is 12.1. The maximum Gasteiger partial charge on any atom is 0.260 e. The van der Waals surface area contributed by atoms with Crippen molar-refractivity contribution < 1.29 is 14.3 Å². The molecule has 0 aliphatic heterocycles. The summed E-state index contributed by atoms with van der Waals surface area (Å²) < 4.78 is 12.3. The molecule has 5 heteroatoms. The zero-order valence-corrected chi connectivity index (χ0v) is 17.1. The molecule has 0 aliphatic rings. The fourth-order valence-corrected chi connectivity index (χ4v) is 2.69. The molecule has 26 heavy (non-hydrogen) atoms. The Bertz CT molecular complexity index is 683. The molecule has 4 nitrogen and oxygen atoms in total. The molecule has 0 heterocycles. The fraction of sp³-hybridized carbons (Fsp3) is 0.381. The second-order valence-corrected chi connectivity index (χ2v) is 7.33. The number of rotatable bonds is 9. The fourth-order valence-electron chi connectivity index (χ4n) is 2.43. The van der Waals surface area contributed by atoms with Crippen LogP contribution in [0.25, 0.3) is 0 Å². The summed E-state index contributed by atoms with van der Waals surface area (Å²) in [5.41, 5.74) is 1.23. The number of carbonyl (C=O) groups is 1. The molecule has 2 aromatic rings. The van der Waals surface area contributed by atoms with Crippen molar-refractivity contribution in [3.05, 3.63) is 58.6 Å². The Labute approximate surface area is 164 Å². The average molecular weight is 420 g/mol. The number of benzene rings is 2. The molecule has 0 bridgehead atoms. The van der Waals surface area contributed by atoms with Crippen molar-refractivity contribution in [1.29, 1.82) is 0 Å². The third-order valence-electron chi connectivity index (χ3n) is 3.73. The number of nitrogens with one attached hydrogen (secondary N) is 1. The maximum absolute atomic E-state index is 12.1. The Morgan fingerprint density at radius 3 is 2.15 bits per heavy atom. The van der Waals surface area contributed by atoms with E-state index in [-0.39, 0.29) is 12.0 Å². The van der Waals surface area contributed by atoms with Crippen LogP contribution in [0.1, 0.15) is 32.8 Å². The van der Waals surface area contributed by atoms with Gasteiger partial charge in [-0.3, -0.25) is 4.79 Å². The van der Waals surface area contributed by atoms with Gasteiger partial charge in [-0.05, 0) is 75.6 Å². The minimum Gasteiger partial charge on any atom is -0.491 e. The van der Waals surface area contributed by atoms with Crippen LogP contribution in [0.15, 0.2) is 53.0 Å². The lowest BCUT2D eigenvalue weighted by Crippen LogP contribution is -2.36. The molecular formula is C21H26BrNO3. The number of aryl methyl sites for hydroxylation is 1. The quantitative estimate of drug-likeness (QED) is 0.596. The van der Waals surface area contributed by atoms with Crippen LogP contribution in [-0.2, 0) is 11.2 Å². The van der Waals surface area contributed by atoms with Gasteiger partial charge in [0.05, 0.1) is 6.10 Å². The first-order valence-electron chi connectivity index (χ1n) is 8.89. The number of carbonyl (C=O) groups excluding carboxylic acids is 1. The number of amides is 1.